The van der Waals surface area contributed by atoms with Crippen LogP contribution in [0, 0.1) is 0 Å². The lowest BCUT2D eigenvalue weighted by Gasteiger charge is -2.35. The Bertz CT molecular complexity index is 708. The molecule has 3 rings (SSSR count). The summed E-state index contributed by atoms with van der Waals surface area (Å²) in [7, 11) is 0. The van der Waals surface area contributed by atoms with E-state index >= 15 is 0 Å². The highest BCUT2D eigenvalue weighted by Gasteiger charge is 2.24. The van der Waals surface area contributed by atoms with Crippen LogP contribution in [0.15, 0.2) is 59.5 Å². The van der Waals surface area contributed by atoms with Crippen LogP contribution in [0.3, 0.4) is 0 Å². The Hall–Kier alpha value is -1.53. The highest BCUT2D eigenvalue weighted by molar-refractivity contribution is 8.00. The number of halogens is 1. The van der Waals surface area contributed by atoms with Crippen LogP contribution >= 0.6 is 23.4 Å². The monoisotopic (exact) mass is 390 g/mol. The molecular formula is C20H23ClN2O2S. The first-order valence-electron chi connectivity index (χ1n) is 8.75. The summed E-state index contributed by atoms with van der Waals surface area (Å²) in [6, 6.07) is 17.9. The SMILES string of the molecule is O=C(CSc1ccccc1)NCC(c1ccccc1Cl)N1CCOCC1. The Kier molecular flexibility index (Phi) is 7.38. The van der Waals surface area contributed by atoms with Gasteiger partial charge in [-0.15, -0.1) is 11.8 Å². The van der Waals surface area contributed by atoms with E-state index in [1.54, 1.807) is 11.8 Å². The van der Waals surface area contributed by atoms with E-state index in [1.807, 2.05) is 54.6 Å². The third-order valence-corrected chi connectivity index (χ3v) is 5.71. The van der Waals surface area contributed by atoms with E-state index in [1.165, 1.54) is 0 Å². The lowest BCUT2D eigenvalue weighted by atomic mass is 10.0. The van der Waals surface area contributed by atoms with E-state index in [2.05, 4.69) is 10.2 Å². The Morgan fingerprint density at radius 3 is 2.54 bits per heavy atom. The van der Waals surface area contributed by atoms with E-state index in [4.69, 9.17) is 16.3 Å². The van der Waals surface area contributed by atoms with Crippen LogP contribution in [0.4, 0.5) is 0 Å². The fourth-order valence-corrected chi connectivity index (χ4v) is 4.01. The third kappa shape index (κ3) is 5.48. The van der Waals surface area contributed by atoms with Crippen LogP contribution in [0.25, 0.3) is 0 Å². The Labute approximate surface area is 163 Å². The zero-order valence-corrected chi connectivity index (χ0v) is 16.1. The first-order valence-corrected chi connectivity index (χ1v) is 10.1. The third-order valence-electron chi connectivity index (χ3n) is 4.36. The Morgan fingerprint density at radius 2 is 1.81 bits per heavy atom. The Morgan fingerprint density at radius 1 is 1.12 bits per heavy atom. The van der Waals surface area contributed by atoms with Crippen molar-refractivity contribution >= 4 is 29.3 Å². The largest absolute Gasteiger partial charge is 0.379 e. The first-order chi connectivity index (χ1) is 12.7. The van der Waals surface area contributed by atoms with E-state index in [9.17, 15) is 4.79 Å². The van der Waals surface area contributed by atoms with Crippen LogP contribution in [0.5, 0.6) is 0 Å². The van der Waals surface area contributed by atoms with Gasteiger partial charge >= 0.3 is 0 Å². The molecule has 1 aliphatic rings. The van der Waals surface area contributed by atoms with Crippen molar-refractivity contribution in [3.63, 3.8) is 0 Å². The van der Waals surface area contributed by atoms with Crippen molar-refractivity contribution in [2.75, 3.05) is 38.6 Å². The fourth-order valence-electron chi connectivity index (χ4n) is 3.00. The molecule has 138 valence electrons. The lowest BCUT2D eigenvalue weighted by Crippen LogP contribution is -2.44. The van der Waals surface area contributed by atoms with Crippen molar-refractivity contribution in [1.82, 2.24) is 10.2 Å². The van der Waals surface area contributed by atoms with Crippen LogP contribution in [0.1, 0.15) is 11.6 Å². The van der Waals surface area contributed by atoms with Crippen LogP contribution in [-0.4, -0.2) is 49.4 Å². The second-order valence-electron chi connectivity index (χ2n) is 6.09. The minimum absolute atomic E-state index is 0.0316. The molecule has 0 bridgehead atoms. The molecule has 26 heavy (non-hydrogen) atoms. The molecule has 0 aliphatic carbocycles. The van der Waals surface area contributed by atoms with E-state index in [-0.39, 0.29) is 11.9 Å². The summed E-state index contributed by atoms with van der Waals surface area (Å²) in [5.74, 6) is 0.437. The molecule has 1 heterocycles. The molecule has 1 fully saturated rings. The second kappa shape index (κ2) is 9.97. The number of carbonyl (C=O) groups excluding carboxylic acids is 1. The van der Waals surface area contributed by atoms with Crippen molar-refractivity contribution in [2.45, 2.75) is 10.9 Å². The van der Waals surface area contributed by atoms with Crippen molar-refractivity contribution < 1.29 is 9.53 Å². The molecular weight excluding hydrogens is 368 g/mol. The van der Waals surface area contributed by atoms with Gasteiger partial charge in [-0.05, 0) is 23.8 Å². The van der Waals surface area contributed by atoms with Gasteiger partial charge < -0.3 is 10.1 Å². The quantitative estimate of drug-likeness (QED) is 0.733. The molecule has 1 aliphatic heterocycles. The number of morpholine rings is 1. The van der Waals surface area contributed by atoms with Crippen LogP contribution < -0.4 is 5.32 Å². The average molecular weight is 391 g/mol. The van der Waals surface area contributed by atoms with Gasteiger partial charge in [-0.3, -0.25) is 9.69 Å². The summed E-state index contributed by atoms with van der Waals surface area (Å²) >= 11 is 7.96. The van der Waals surface area contributed by atoms with Gasteiger partial charge in [-0.1, -0.05) is 48.0 Å². The number of nitrogens with one attached hydrogen (secondary N) is 1. The molecule has 0 spiro atoms. The molecule has 4 nitrogen and oxygen atoms in total. The highest BCUT2D eigenvalue weighted by atomic mass is 35.5. The van der Waals surface area contributed by atoms with Gasteiger partial charge in [0, 0.05) is 29.6 Å². The summed E-state index contributed by atoms with van der Waals surface area (Å²) < 4.78 is 5.46. The zero-order chi connectivity index (χ0) is 18.2. The number of hydrogen-bond acceptors (Lipinski definition) is 4. The summed E-state index contributed by atoms with van der Waals surface area (Å²) in [6.45, 7) is 3.63. The number of carbonyl (C=O) groups is 1. The maximum atomic E-state index is 12.3. The van der Waals surface area contributed by atoms with Gasteiger partial charge in [-0.25, -0.2) is 0 Å². The van der Waals surface area contributed by atoms with Gasteiger partial charge in [0.15, 0.2) is 0 Å². The minimum atomic E-state index is 0.0316. The summed E-state index contributed by atoms with van der Waals surface area (Å²) in [5, 5.41) is 3.81. The van der Waals surface area contributed by atoms with Gasteiger partial charge in [0.25, 0.3) is 0 Å². The maximum absolute atomic E-state index is 12.3. The van der Waals surface area contributed by atoms with Crippen LogP contribution in [0.2, 0.25) is 5.02 Å². The summed E-state index contributed by atoms with van der Waals surface area (Å²) in [6.07, 6.45) is 0. The molecule has 0 aromatic heterocycles. The minimum Gasteiger partial charge on any atom is -0.379 e. The smallest absolute Gasteiger partial charge is 0.230 e. The van der Waals surface area contributed by atoms with E-state index < -0.39 is 0 Å². The molecule has 2 aromatic rings. The molecule has 1 N–H and O–H groups in total. The van der Waals surface area contributed by atoms with E-state index in [0.717, 1.165) is 28.6 Å². The standard InChI is InChI=1S/C20H23ClN2O2S/c21-18-9-5-4-8-17(18)19(23-10-12-25-13-11-23)14-22-20(24)15-26-16-6-2-1-3-7-16/h1-9,19H,10-15H2,(H,22,24). The van der Waals surface area contributed by atoms with Crippen molar-refractivity contribution in [3.8, 4) is 0 Å². The second-order valence-corrected chi connectivity index (χ2v) is 7.55. The fraction of sp³-hybridized carbons (Fsp3) is 0.350. The molecule has 0 radical (unpaired) electrons. The highest BCUT2D eigenvalue weighted by Crippen LogP contribution is 2.28. The molecule has 1 saturated heterocycles. The number of hydrogen-bond donors (Lipinski definition) is 1. The van der Waals surface area contributed by atoms with Gasteiger partial charge in [0.05, 0.1) is 25.0 Å². The van der Waals surface area contributed by atoms with Gasteiger partial charge in [0.2, 0.25) is 5.91 Å². The number of ether oxygens (including phenoxy) is 1. The molecule has 1 amide bonds. The first kappa shape index (κ1) is 19.2. The molecule has 2 aromatic carbocycles. The number of rotatable bonds is 7. The molecule has 1 unspecified atom stereocenters. The van der Waals surface area contributed by atoms with Crippen LogP contribution in [-0.2, 0) is 9.53 Å². The van der Waals surface area contributed by atoms with Crippen molar-refractivity contribution in [3.05, 3.63) is 65.2 Å². The van der Waals surface area contributed by atoms with Crippen molar-refractivity contribution in [2.24, 2.45) is 0 Å². The normalized spacial score (nSPS) is 16.2. The number of nitrogens with zero attached hydrogens (tertiary/aromatic N) is 1. The topological polar surface area (TPSA) is 41.6 Å². The predicted molar refractivity (Wildman–Crippen MR) is 107 cm³/mol. The molecule has 6 heteroatoms. The zero-order valence-electron chi connectivity index (χ0n) is 14.6. The number of thioether (sulfide) groups is 1. The van der Waals surface area contributed by atoms with E-state index in [0.29, 0.717) is 25.5 Å². The van der Waals surface area contributed by atoms with Gasteiger partial charge in [0.1, 0.15) is 0 Å². The van der Waals surface area contributed by atoms with Gasteiger partial charge in [-0.2, -0.15) is 0 Å². The summed E-state index contributed by atoms with van der Waals surface area (Å²) in [4.78, 5) is 15.7. The Balaban J connectivity index is 1.60. The predicted octanol–water partition coefficient (Wildman–Crippen LogP) is 3.62. The summed E-state index contributed by atoms with van der Waals surface area (Å²) in [5.41, 5.74) is 1.05. The molecule has 1 atom stereocenters. The lowest BCUT2D eigenvalue weighted by molar-refractivity contribution is -0.118. The number of benzene rings is 2. The number of amides is 1. The van der Waals surface area contributed by atoms with Crippen molar-refractivity contribution in [1.29, 1.82) is 0 Å². The average Bonchev–Trinajstić information content (AvgIpc) is 2.69. The maximum Gasteiger partial charge on any atom is 0.230 e. The molecule has 0 saturated carbocycles.